The first-order chi connectivity index (χ1) is 11.9. The molecule has 5 heteroatoms. The quantitative estimate of drug-likeness (QED) is 0.726. The number of rotatable bonds is 7. The Labute approximate surface area is 147 Å². The van der Waals surface area contributed by atoms with Gasteiger partial charge in [0.1, 0.15) is 12.4 Å². The molecular weight excluding hydrogens is 324 g/mol. The molecule has 0 saturated carbocycles. The smallest absolute Gasteiger partial charge is 0.263 e. The molecule has 0 aliphatic rings. The number of amides is 1. The molecule has 0 spiro atoms. The lowest BCUT2D eigenvalue weighted by atomic mass is 10.1. The first-order valence-electron chi connectivity index (χ1n) is 8.37. The highest BCUT2D eigenvalue weighted by Gasteiger charge is 2.13. The predicted octanol–water partition coefficient (Wildman–Crippen LogP) is 5.42. The average Bonchev–Trinajstić information content (AvgIpc) is 2.61. The van der Waals surface area contributed by atoms with Crippen molar-refractivity contribution in [3.8, 4) is 5.75 Å². The molecular formula is C20H23F2NO2. The van der Waals surface area contributed by atoms with Crippen molar-refractivity contribution in [3.05, 3.63) is 58.7 Å². The van der Waals surface area contributed by atoms with Gasteiger partial charge in [-0.3, -0.25) is 4.79 Å². The van der Waals surface area contributed by atoms with Gasteiger partial charge in [-0.1, -0.05) is 32.0 Å². The van der Waals surface area contributed by atoms with Gasteiger partial charge >= 0.3 is 0 Å². The van der Waals surface area contributed by atoms with Gasteiger partial charge < -0.3 is 10.1 Å². The minimum Gasteiger partial charge on any atom is -0.489 e. The summed E-state index contributed by atoms with van der Waals surface area (Å²) in [5.74, 6) is 0.530. The molecule has 1 amide bonds. The largest absolute Gasteiger partial charge is 0.489 e. The number of carbonyl (C=O) groups excluding carboxylic acids is 1. The maximum absolute atomic E-state index is 13.0. The Hall–Kier alpha value is -2.43. The van der Waals surface area contributed by atoms with Crippen LogP contribution in [0.4, 0.5) is 14.5 Å². The summed E-state index contributed by atoms with van der Waals surface area (Å²) in [6.45, 7) is 5.86. The number of alkyl halides is 2. The Kier molecular flexibility index (Phi) is 6.51. The fraction of sp³-hybridized carbons (Fsp3) is 0.350. The molecule has 3 nitrogen and oxygen atoms in total. The molecule has 0 aliphatic heterocycles. The molecule has 25 heavy (non-hydrogen) atoms. The summed E-state index contributed by atoms with van der Waals surface area (Å²) in [5, 5.41) is 2.73. The third-order valence-electron chi connectivity index (χ3n) is 4.01. The van der Waals surface area contributed by atoms with Crippen LogP contribution in [-0.4, -0.2) is 5.91 Å². The van der Waals surface area contributed by atoms with Crippen LogP contribution >= 0.6 is 0 Å². The number of hydrogen-bond donors (Lipinski definition) is 1. The van der Waals surface area contributed by atoms with E-state index in [1.54, 1.807) is 6.92 Å². The molecule has 0 atom stereocenters. The fourth-order valence-electron chi connectivity index (χ4n) is 2.48. The van der Waals surface area contributed by atoms with Crippen LogP contribution in [0.15, 0.2) is 36.4 Å². The highest BCUT2D eigenvalue weighted by molar-refractivity contribution is 5.91. The van der Waals surface area contributed by atoms with Gasteiger partial charge in [-0.05, 0) is 42.7 Å². The van der Waals surface area contributed by atoms with Crippen LogP contribution in [0.3, 0.4) is 0 Å². The van der Waals surface area contributed by atoms with Gasteiger partial charge in [0.2, 0.25) is 5.91 Å². The number of halogens is 2. The van der Waals surface area contributed by atoms with E-state index in [4.69, 9.17) is 4.74 Å². The van der Waals surface area contributed by atoms with Crippen LogP contribution < -0.4 is 10.1 Å². The molecule has 2 aromatic rings. The zero-order valence-electron chi connectivity index (χ0n) is 14.7. The Morgan fingerprint density at radius 3 is 2.52 bits per heavy atom. The van der Waals surface area contributed by atoms with Gasteiger partial charge in [0.15, 0.2) is 0 Å². The summed E-state index contributed by atoms with van der Waals surface area (Å²) in [5.41, 5.74) is 3.13. The molecule has 134 valence electrons. The maximum atomic E-state index is 13.0. The second kappa shape index (κ2) is 8.60. The van der Waals surface area contributed by atoms with Gasteiger partial charge in [0.05, 0.1) is 0 Å². The lowest BCUT2D eigenvalue weighted by Crippen LogP contribution is -2.12. The van der Waals surface area contributed by atoms with Crippen molar-refractivity contribution in [2.45, 2.75) is 46.6 Å². The third kappa shape index (κ3) is 5.02. The molecule has 0 aliphatic carbocycles. The zero-order valence-corrected chi connectivity index (χ0v) is 14.7. The second-order valence-electron chi connectivity index (χ2n) is 5.86. The van der Waals surface area contributed by atoms with Gasteiger partial charge in [-0.25, -0.2) is 8.78 Å². The van der Waals surface area contributed by atoms with Crippen molar-refractivity contribution < 1.29 is 18.3 Å². The van der Waals surface area contributed by atoms with E-state index in [0.717, 1.165) is 12.0 Å². The minimum absolute atomic E-state index is 0.0915. The normalized spacial score (nSPS) is 10.8. The van der Waals surface area contributed by atoms with Crippen molar-refractivity contribution in [2.24, 2.45) is 0 Å². The Bertz CT molecular complexity index is 744. The van der Waals surface area contributed by atoms with Crippen LogP contribution in [0.2, 0.25) is 0 Å². The predicted molar refractivity (Wildman–Crippen MR) is 95.2 cm³/mol. The first kappa shape index (κ1) is 18.9. The van der Waals surface area contributed by atoms with Crippen LogP contribution in [0, 0.1) is 6.92 Å². The van der Waals surface area contributed by atoms with Crippen LogP contribution in [-0.2, 0) is 17.8 Å². The number of aryl methyl sites for hydroxylation is 2. The second-order valence-corrected chi connectivity index (χ2v) is 5.86. The summed E-state index contributed by atoms with van der Waals surface area (Å²) in [6.07, 6.45) is -1.32. The summed E-state index contributed by atoms with van der Waals surface area (Å²) < 4.78 is 31.8. The van der Waals surface area contributed by atoms with Gasteiger partial charge in [0.25, 0.3) is 6.43 Å². The van der Waals surface area contributed by atoms with Crippen molar-refractivity contribution in [2.75, 3.05) is 5.32 Å². The van der Waals surface area contributed by atoms with E-state index >= 15 is 0 Å². The van der Waals surface area contributed by atoms with E-state index in [-0.39, 0.29) is 18.1 Å². The molecule has 0 heterocycles. The molecule has 2 rings (SSSR count). The zero-order chi connectivity index (χ0) is 18.4. The van der Waals surface area contributed by atoms with E-state index in [9.17, 15) is 13.6 Å². The Balaban J connectivity index is 2.23. The lowest BCUT2D eigenvalue weighted by molar-refractivity contribution is -0.115. The van der Waals surface area contributed by atoms with E-state index in [2.05, 4.69) is 12.2 Å². The van der Waals surface area contributed by atoms with E-state index < -0.39 is 6.43 Å². The summed E-state index contributed by atoms with van der Waals surface area (Å²) in [7, 11) is 0. The third-order valence-corrected chi connectivity index (χ3v) is 4.01. The highest BCUT2D eigenvalue weighted by Crippen LogP contribution is 2.27. The van der Waals surface area contributed by atoms with Crippen LogP contribution in [0.25, 0.3) is 0 Å². The molecule has 0 saturated heterocycles. The molecule has 0 unspecified atom stereocenters. The fourth-order valence-corrected chi connectivity index (χ4v) is 2.48. The number of anilines is 1. The SMILES string of the molecule is CCC(=O)Nc1ccc(C(F)F)cc1COc1ccc(CC)cc1C. The van der Waals surface area contributed by atoms with E-state index in [1.165, 1.54) is 23.8 Å². The molecule has 0 aromatic heterocycles. The molecule has 2 aromatic carbocycles. The van der Waals surface area contributed by atoms with Crippen molar-refractivity contribution in [3.63, 3.8) is 0 Å². The van der Waals surface area contributed by atoms with E-state index in [0.29, 0.717) is 23.4 Å². The number of benzene rings is 2. The standard InChI is InChI=1S/C20H23F2NO2/c1-4-14-6-9-18(13(3)10-14)25-12-16-11-15(20(21)22)7-8-17(16)23-19(24)5-2/h6-11,20H,4-5,12H2,1-3H3,(H,23,24). The average molecular weight is 347 g/mol. The van der Waals surface area contributed by atoms with Crippen molar-refractivity contribution in [1.82, 2.24) is 0 Å². The number of nitrogens with one attached hydrogen (secondary N) is 1. The highest BCUT2D eigenvalue weighted by atomic mass is 19.3. The molecule has 0 fully saturated rings. The first-order valence-corrected chi connectivity index (χ1v) is 8.37. The number of carbonyl (C=O) groups is 1. The molecule has 1 N–H and O–H groups in total. The number of hydrogen-bond acceptors (Lipinski definition) is 2. The summed E-state index contributed by atoms with van der Waals surface area (Å²) >= 11 is 0. The lowest BCUT2D eigenvalue weighted by Gasteiger charge is -2.15. The van der Waals surface area contributed by atoms with E-state index in [1.807, 2.05) is 25.1 Å². The Morgan fingerprint density at radius 2 is 1.92 bits per heavy atom. The van der Waals surface area contributed by atoms with Gasteiger partial charge in [-0.2, -0.15) is 0 Å². The van der Waals surface area contributed by atoms with Crippen LogP contribution in [0.1, 0.15) is 48.9 Å². The van der Waals surface area contributed by atoms with Crippen molar-refractivity contribution in [1.29, 1.82) is 0 Å². The Morgan fingerprint density at radius 1 is 1.16 bits per heavy atom. The minimum atomic E-state index is -2.57. The summed E-state index contributed by atoms with van der Waals surface area (Å²) in [6, 6.07) is 10.1. The number of ether oxygens (including phenoxy) is 1. The molecule has 0 bridgehead atoms. The van der Waals surface area contributed by atoms with Gasteiger partial charge in [-0.15, -0.1) is 0 Å². The maximum Gasteiger partial charge on any atom is 0.263 e. The van der Waals surface area contributed by atoms with Crippen LogP contribution in [0.5, 0.6) is 5.75 Å². The topological polar surface area (TPSA) is 38.3 Å². The van der Waals surface area contributed by atoms with Gasteiger partial charge in [0, 0.05) is 23.2 Å². The monoisotopic (exact) mass is 347 g/mol. The molecule has 0 radical (unpaired) electrons. The van der Waals surface area contributed by atoms with Crippen molar-refractivity contribution >= 4 is 11.6 Å². The summed E-state index contributed by atoms with van der Waals surface area (Å²) in [4.78, 5) is 11.7.